The number of nitrogens with one attached hydrogen (secondary N) is 2. The molecule has 1 aliphatic heterocycles. The Balaban J connectivity index is 2.14. The van der Waals surface area contributed by atoms with Crippen molar-refractivity contribution in [1.82, 2.24) is 5.32 Å². The number of rotatable bonds is 4. The Morgan fingerprint density at radius 3 is 2.69 bits per heavy atom. The monoisotopic (exact) mass is 422 g/mol. The minimum absolute atomic E-state index is 0.101. The van der Waals surface area contributed by atoms with Crippen LogP contribution in [-0.4, -0.2) is 42.1 Å². The van der Waals surface area contributed by atoms with Crippen molar-refractivity contribution in [2.24, 2.45) is 10.2 Å². The maximum Gasteiger partial charge on any atom is 0.412 e. The molecule has 154 valence electrons. The van der Waals surface area contributed by atoms with Gasteiger partial charge in [0.1, 0.15) is 11.4 Å². The van der Waals surface area contributed by atoms with Crippen LogP contribution in [0.2, 0.25) is 0 Å². The molecule has 1 aromatic rings. The number of hydrogen-bond acceptors (Lipinski definition) is 8. The highest BCUT2D eigenvalue weighted by Crippen LogP contribution is 2.23. The summed E-state index contributed by atoms with van der Waals surface area (Å²) < 4.78 is 23.2. The number of thioether (sulfide) groups is 1. The molecule has 0 aromatic heterocycles. The van der Waals surface area contributed by atoms with Crippen molar-refractivity contribution in [2.75, 3.05) is 12.4 Å². The maximum absolute atomic E-state index is 13.6. The van der Waals surface area contributed by atoms with E-state index in [0.29, 0.717) is 0 Å². The van der Waals surface area contributed by atoms with Crippen molar-refractivity contribution in [1.29, 1.82) is 0 Å². The Labute approximate surface area is 170 Å². The molecule has 2 N–H and O–H groups in total. The van der Waals surface area contributed by atoms with Gasteiger partial charge in [-0.05, 0) is 50.7 Å². The Morgan fingerprint density at radius 2 is 2.03 bits per heavy atom. The number of anilines is 1. The lowest BCUT2D eigenvalue weighted by Gasteiger charge is -2.20. The molecule has 11 heteroatoms. The lowest BCUT2D eigenvalue weighted by Crippen LogP contribution is -2.27. The second-order valence-electron chi connectivity index (χ2n) is 6.60. The van der Waals surface area contributed by atoms with E-state index in [9.17, 15) is 18.8 Å². The summed E-state index contributed by atoms with van der Waals surface area (Å²) in [6.07, 6.45) is 1.53. The van der Waals surface area contributed by atoms with Crippen molar-refractivity contribution >= 4 is 46.8 Å². The summed E-state index contributed by atoms with van der Waals surface area (Å²) in [5.41, 5.74) is -0.198. The zero-order chi connectivity index (χ0) is 21.6. The molecule has 1 heterocycles. The second kappa shape index (κ2) is 9.32. The van der Waals surface area contributed by atoms with Crippen molar-refractivity contribution in [3.63, 3.8) is 0 Å². The molecule has 0 aliphatic carbocycles. The van der Waals surface area contributed by atoms with E-state index in [-0.39, 0.29) is 21.3 Å². The van der Waals surface area contributed by atoms with Gasteiger partial charge in [-0.3, -0.25) is 15.4 Å². The van der Waals surface area contributed by atoms with Crippen LogP contribution in [0.4, 0.5) is 14.9 Å². The van der Waals surface area contributed by atoms with Gasteiger partial charge in [-0.2, -0.15) is 5.10 Å². The third kappa shape index (κ3) is 7.03. The molecule has 2 rings (SSSR count). The first-order chi connectivity index (χ1) is 13.6. The number of nitrogens with zero attached hydrogens (tertiary/aromatic N) is 2. The van der Waals surface area contributed by atoms with Crippen LogP contribution in [0.25, 0.3) is 0 Å². The molecule has 0 unspecified atom stereocenters. The molecule has 0 spiro atoms. The molecule has 0 saturated carbocycles. The molecule has 2 amide bonds. The first kappa shape index (κ1) is 22.1. The summed E-state index contributed by atoms with van der Waals surface area (Å²) >= 11 is 0.894. The lowest BCUT2D eigenvalue weighted by molar-refractivity contribution is -0.135. The summed E-state index contributed by atoms with van der Waals surface area (Å²) in [6, 6.07) is 3.68. The van der Waals surface area contributed by atoms with Gasteiger partial charge in [-0.15, -0.1) is 5.10 Å². The van der Waals surface area contributed by atoms with Crippen LogP contribution in [-0.2, 0) is 19.1 Å². The van der Waals surface area contributed by atoms with E-state index >= 15 is 0 Å². The number of amidine groups is 1. The largest absolute Gasteiger partial charge is 0.466 e. The summed E-state index contributed by atoms with van der Waals surface area (Å²) in [5.74, 6) is -1.74. The van der Waals surface area contributed by atoms with E-state index in [4.69, 9.17) is 4.74 Å². The van der Waals surface area contributed by atoms with Crippen molar-refractivity contribution in [2.45, 2.75) is 26.4 Å². The van der Waals surface area contributed by atoms with Crippen molar-refractivity contribution in [3.05, 3.63) is 40.6 Å². The first-order valence-corrected chi connectivity index (χ1v) is 9.08. The molecule has 9 nitrogen and oxygen atoms in total. The summed E-state index contributed by atoms with van der Waals surface area (Å²) in [5, 5.41) is 12.7. The van der Waals surface area contributed by atoms with E-state index in [2.05, 4.69) is 25.6 Å². The highest BCUT2D eigenvalue weighted by molar-refractivity contribution is 8.18. The molecular formula is C18H19FN4O5S. The Bertz CT molecular complexity index is 921. The number of carbonyl (C=O) groups excluding carboxylic acids is 3. The third-order valence-corrected chi connectivity index (χ3v) is 4.00. The van der Waals surface area contributed by atoms with E-state index in [1.165, 1.54) is 25.5 Å². The second-order valence-corrected chi connectivity index (χ2v) is 7.63. The molecule has 0 atom stereocenters. The number of halogens is 1. The van der Waals surface area contributed by atoms with Gasteiger partial charge in [0.2, 0.25) is 0 Å². The van der Waals surface area contributed by atoms with Gasteiger partial charge in [-0.25, -0.2) is 14.0 Å². The third-order valence-electron chi connectivity index (χ3n) is 3.10. The molecule has 1 aromatic carbocycles. The number of amides is 2. The number of carbonyl (C=O) groups is 3. The van der Waals surface area contributed by atoms with Crippen LogP contribution in [0.15, 0.2) is 39.4 Å². The van der Waals surface area contributed by atoms with Crippen LogP contribution in [0.5, 0.6) is 0 Å². The fraction of sp³-hybridized carbons (Fsp3) is 0.278. The predicted molar refractivity (Wildman–Crippen MR) is 107 cm³/mol. The molecule has 0 radical (unpaired) electrons. The molecule has 1 aliphatic rings. The Morgan fingerprint density at radius 1 is 1.31 bits per heavy atom. The quantitative estimate of drug-likeness (QED) is 0.333. The van der Waals surface area contributed by atoms with Gasteiger partial charge in [0.15, 0.2) is 5.17 Å². The van der Waals surface area contributed by atoms with Crippen LogP contribution < -0.4 is 10.6 Å². The lowest BCUT2D eigenvalue weighted by atomic mass is 10.2. The van der Waals surface area contributed by atoms with E-state index in [1.54, 1.807) is 20.8 Å². The van der Waals surface area contributed by atoms with Crippen LogP contribution in [0.3, 0.4) is 0 Å². The van der Waals surface area contributed by atoms with Crippen LogP contribution >= 0.6 is 11.8 Å². The van der Waals surface area contributed by atoms with Crippen molar-refractivity contribution in [3.8, 4) is 0 Å². The highest BCUT2D eigenvalue weighted by atomic mass is 32.2. The van der Waals surface area contributed by atoms with Crippen LogP contribution in [0.1, 0.15) is 26.3 Å². The molecule has 0 bridgehead atoms. The molecule has 1 saturated heterocycles. The zero-order valence-electron chi connectivity index (χ0n) is 16.1. The minimum Gasteiger partial charge on any atom is -0.466 e. The summed E-state index contributed by atoms with van der Waals surface area (Å²) in [4.78, 5) is 35.0. The van der Waals surface area contributed by atoms with Gasteiger partial charge in [-0.1, -0.05) is 0 Å². The number of methoxy groups -OCH3 is 1. The average Bonchev–Trinajstić information content (AvgIpc) is 2.95. The Kier molecular flexibility index (Phi) is 7.10. The number of hydrogen-bond donors (Lipinski definition) is 2. The molecule has 29 heavy (non-hydrogen) atoms. The van der Waals surface area contributed by atoms with Gasteiger partial charge in [0, 0.05) is 11.6 Å². The van der Waals surface area contributed by atoms with Gasteiger partial charge in [0.25, 0.3) is 5.91 Å². The Hall–Kier alpha value is -3.21. The SMILES string of the molecule is COC(=O)/C=C1/S/C(=N\N=Cc2cc(F)ccc2NC(=O)OC(C)(C)C)NC1=O. The van der Waals surface area contributed by atoms with Crippen molar-refractivity contribution < 1.29 is 28.2 Å². The van der Waals surface area contributed by atoms with E-state index in [1.807, 2.05) is 0 Å². The number of ether oxygens (including phenoxy) is 2. The van der Waals surface area contributed by atoms with Gasteiger partial charge in [0.05, 0.1) is 23.9 Å². The molecular weight excluding hydrogens is 403 g/mol. The summed E-state index contributed by atoms with van der Waals surface area (Å²) in [6.45, 7) is 5.14. The zero-order valence-corrected chi connectivity index (χ0v) is 16.9. The molecule has 1 fully saturated rings. The average molecular weight is 422 g/mol. The topological polar surface area (TPSA) is 118 Å². The summed E-state index contributed by atoms with van der Waals surface area (Å²) in [7, 11) is 1.19. The van der Waals surface area contributed by atoms with E-state index < -0.39 is 29.4 Å². The standard InChI is InChI=1S/C18H19FN4O5S/c1-18(2,3)28-17(26)21-12-6-5-11(19)7-10(12)9-20-23-16-22-15(25)13(29-16)8-14(24)27-4/h5-9H,1-4H3,(H,21,26)(H,22,23,25)/b13-8+,20-9?. The fourth-order valence-electron chi connectivity index (χ4n) is 1.95. The fourth-order valence-corrected chi connectivity index (χ4v) is 2.69. The maximum atomic E-state index is 13.6. The van der Waals surface area contributed by atoms with E-state index in [0.717, 1.165) is 23.9 Å². The normalized spacial score (nSPS) is 16.9. The predicted octanol–water partition coefficient (Wildman–Crippen LogP) is 2.78. The van der Waals surface area contributed by atoms with Crippen LogP contribution in [0, 0.1) is 5.82 Å². The van der Waals surface area contributed by atoms with Gasteiger partial charge < -0.3 is 9.47 Å². The van der Waals surface area contributed by atoms with Gasteiger partial charge >= 0.3 is 12.1 Å². The smallest absolute Gasteiger partial charge is 0.412 e. The highest BCUT2D eigenvalue weighted by Gasteiger charge is 2.25. The first-order valence-electron chi connectivity index (χ1n) is 8.27. The number of esters is 1. The number of benzene rings is 1. The minimum atomic E-state index is -0.707.